The van der Waals surface area contributed by atoms with Crippen molar-refractivity contribution in [1.82, 2.24) is 0 Å². The summed E-state index contributed by atoms with van der Waals surface area (Å²) in [6, 6.07) is 9.89. The average molecular weight is 382 g/mol. The standard InChI is InChI=1S/C20H18N2O6/c1-11(9-18(25)21-14-5-3-13(4-6-14)12(2)23)19(26)22-15-7-8-17(24)16(10-15)20(27)28/h3-10,24H,1-2H3,(H,21,25)(H,22,26)(H,27,28)/b11-9-. The highest BCUT2D eigenvalue weighted by molar-refractivity contribution is 6.10. The zero-order valence-corrected chi connectivity index (χ0v) is 15.1. The van der Waals surface area contributed by atoms with Gasteiger partial charge in [-0.25, -0.2) is 4.79 Å². The first-order chi connectivity index (χ1) is 13.2. The molecule has 0 saturated carbocycles. The number of anilines is 2. The van der Waals surface area contributed by atoms with Gasteiger partial charge in [-0.15, -0.1) is 0 Å². The number of amides is 2. The van der Waals surface area contributed by atoms with Crippen LogP contribution in [0.1, 0.15) is 34.6 Å². The summed E-state index contributed by atoms with van der Waals surface area (Å²) in [5.41, 5.74) is 0.866. The molecule has 0 spiro atoms. The minimum atomic E-state index is -1.34. The molecule has 0 unspecified atom stereocenters. The molecule has 0 bridgehead atoms. The largest absolute Gasteiger partial charge is 0.507 e. The van der Waals surface area contributed by atoms with Crippen LogP contribution in [-0.2, 0) is 9.59 Å². The molecule has 0 saturated heterocycles. The topological polar surface area (TPSA) is 133 Å². The van der Waals surface area contributed by atoms with Crippen LogP contribution in [0.2, 0.25) is 0 Å². The molecule has 2 aromatic rings. The molecule has 144 valence electrons. The van der Waals surface area contributed by atoms with Gasteiger partial charge < -0.3 is 20.8 Å². The van der Waals surface area contributed by atoms with Crippen LogP contribution in [0.25, 0.3) is 0 Å². The van der Waals surface area contributed by atoms with Crippen LogP contribution in [0.15, 0.2) is 54.1 Å². The van der Waals surface area contributed by atoms with E-state index in [1.807, 2.05) is 0 Å². The van der Waals surface area contributed by atoms with Crippen molar-refractivity contribution in [1.29, 1.82) is 0 Å². The molecule has 8 nitrogen and oxygen atoms in total. The van der Waals surface area contributed by atoms with Crippen molar-refractivity contribution in [2.75, 3.05) is 10.6 Å². The molecule has 0 heterocycles. The molecule has 0 atom stereocenters. The van der Waals surface area contributed by atoms with Crippen LogP contribution in [0.5, 0.6) is 5.75 Å². The van der Waals surface area contributed by atoms with Gasteiger partial charge in [0.25, 0.3) is 5.91 Å². The fourth-order valence-corrected chi connectivity index (χ4v) is 2.24. The molecule has 0 aliphatic heterocycles. The maximum atomic E-state index is 12.2. The summed E-state index contributed by atoms with van der Waals surface area (Å²) in [5.74, 6) is -3.00. The van der Waals surface area contributed by atoms with E-state index >= 15 is 0 Å². The summed E-state index contributed by atoms with van der Waals surface area (Å²) < 4.78 is 0. The predicted octanol–water partition coefficient (Wildman–Crippen LogP) is 2.82. The third kappa shape index (κ3) is 5.28. The highest BCUT2D eigenvalue weighted by atomic mass is 16.4. The predicted molar refractivity (Wildman–Crippen MR) is 103 cm³/mol. The number of aromatic carboxylic acids is 1. The first-order valence-electron chi connectivity index (χ1n) is 8.15. The van der Waals surface area contributed by atoms with Gasteiger partial charge >= 0.3 is 5.97 Å². The molecule has 0 aliphatic rings. The molecular weight excluding hydrogens is 364 g/mol. The number of hydrogen-bond donors (Lipinski definition) is 4. The highest BCUT2D eigenvalue weighted by Gasteiger charge is 2.13. The number of carbonyl (C=O) groups is 4. The van der Waals surface area contributed by atoms with E-state index in [9.17, 15) is 24.3 Å². The molecular formula is C20H18N2O6. The first kappa shape index (κ1) is 20.4. The van der Waals surface area contributed by atoms with E-state index < -0.39 is 23.5 Å². The zero-order chi connectivity index (χ0) is 20.8. The normalized spacial score (nSPS) is 10.9. The van der Waals surface area contributed by atoms with Crippen molar-refractivity contribution in [3.05, 3.63) is 65.2 Å². The lowest BCUT2D eigenvalue weighted by molar-refractivity contribution is -0.114. The summed E-state index contributed by atoms with van der Waals surface area (Å²) >= 11 is 0. The van der Waals surface area contributed by atoms with E-state index in [2.05, 4.69) is 10.6 Å². The van der Waals surface area contributed by atoms with Crippen LogP contribution in [0.4, 0.5) is 11.4 Å². The highest BCUT2D eigenvalue weighted by Crippen LogP contribution is 2.21. The molecule has 8 heteroatoms. The Balaban J connectivity index is 2.04. The number of ketones is 1. The van der Waals surface area contributed by atoms with Crippen molar-refractivity contribution in [3.63, 3.8) is 0 Å². The minimum Gasteiger partial charge on any atom is -0.507 e. The summed E-state index contributed by atoms with van der Waals surface area (Å²) in [4.78, 5) is 46.5. The van der Waals surface area contributed by atoms with E-state index in [0.717, 1.165) is 18.2 Å². The molecule has 0 aliphatic carbocycles. The third-order valence-electron chi connectivity index (χ3n) is 3.75. The van der Waals surface area contributed by atoms with Gasteiger partial charge in [-0.2, -0.15) is 0 Å². The van der Waals surface area contributed by atoms with Crippen LogP contribution in [0, 0.1) is 0 Å². The number of aromatic hydroxyl groups is 1. The monoisotopic (exact) mass is 382 g/mol. The Hall–Kier alpha value is -3.94. The van der Waals surface area contributed by atoms with Crippen LogP contribution in [0.3, 0.4) is 0 Å². The number of phenols is 1. The Morgan fingerprint density at radius 1 is 0.893 bits per heavy atom. The number of carbonyl (C=O) groups excluding carboxylic acids is 3. The molecule has 0 aromatic heterocycles. The average Bonchev–Trinajstić information content (AvgIpc) is 2.63. The Bertz CT molecular complexity index is 977. The Kier molecular flexibility index (Phi) is 6.28. The van der Waals surface area contributed by atoms with E-state index in [0.29, 0.717) is 11.3 Å². The maximum absolute atomic E-state index is 12.2. The second-order valence-corrected chi connectivity index (χ2v) is 5.94. The quantitative estimate of drug-likeness (QED) is 0.345. The Morgan fingerprint density at radius 2 is 1.50 bits per heavy atom. The lowest BCUT2D eigenvalue weighted by atomic mass is 10.1. The van der Waals surface area contributed by atoms with Crippen molar-refractivity contribution in [2.24, 2.45) is 0 Å². The van der Waals surface area contributed by atoms with Crippen LogP contribution < -0.4 is 10.6 Å². The fraction of sp³-hybridized carbons (Fsp3) is 0.100. The smallest absolute Gasteiger partial charge is 0.339 e. The van der Waals surface area contributed by atoms with Crippen molar-refractivity contribution >= 4 is 34.9 Å². The second-order valence-electron chi connectivity index (χ2n) is 5.94. The van der Waals surface area contributed by atoms with Gasteiger partial charge in [-0.1, -0.05) is 0 Å². The molecule has 2 rings (SSSR count). The molecule has 4 N–H and O–H groups in total. The van der Waals surface area contributed by atoms with E-state index in [4.69, 9.17) is 5.11 Å². The van der Waals surface area contributed by atoms with Crippen LogP contribution in [-0.4, -0.2) is 33.8 Å². The number of nitrogens with one attached hydrogen (secondary N) is 2. The summed E-state index contributed by atoms with van der Waals surface area (Å²) in [6.07, 6.45) is 1.09. The lowest BCUT2D eigenvalue weighted by Gasteiger charge is -2.08. The van der Waals surface area contributed by atoms with E-state index in [1.165, 1.54) is 19.9 Å². The van der Waals surface area contributed by atoms with Gasteiger partial charge in [0.15, 0.2) is 5.78 Å². The van der Waals surface area contributed by atoms with Crippen LogP contribution >= 0.6 is 0 Å². The summed E-state index contributed by atoms with van der Waals surface area (Å²) in [5, 5.41) is 23.5. The maximum Gasteiger partial charge on any atom is 0.339 e. The molecule has 2 aromatic carbocycles. The van der Waals surface area contributed by atoms with Gasteiger partial charge in [0.05, 0.1) is 0 Å². The van der Waals surface area contributed by atoms with Crippen molar-refractivity contribution in [2.45, 2.75) is 13.8 Å². The first-order valence-corrected chi connectivity index (χ1v) is 8.15. The molecule has 0 fully saturated rings. The lowest BCUT2D eigenvalue weighted by Crippen LogP contribution is -2.16. The number of benzene rings is 2. The molecule has 2 amide bonds. The van der Waals surface area contributed by atoms with Gasteiger partial charge in [-0.3, -0.25) is 14.4 Å². The van der Waals surface area contributed by atoms with Gasteiger partial charge in [0, 0.05) is 28.6 Å². The Morgan fingerprint density at radius 3 is 2.07 bits per heavy atom. The SMILES string of the molecule is CC(=O)c1ccc(NC(=O)/C=C(/C)C(=O)Nc2ccc(O)c(C(=O)O)c2)cc1. The second kappa shape index (κ2) is 8.63. The summed E-state index contributed by atoms with van der Waals surface area (Å²) in [7, 11) is 0. The number of Topliss-reactive ketones (excluding diaryl/α,β-unsaturated/α-hetero) is 1. The fourth-order valence-electron chi connectivity index (χ4n) is 2.24. The van der Waals surface area contributed by atoms with Gasteiger partial charge in [0.2, 0.25) is 5.91 Å². The number of rotatable bonds is 6. The van der Waals surface area contributed by atoms with Gasteiger partial charge in [0.1, 0.15) is 11.3 Å². The van der Waals surface area contributed by atoms with Crippen molar-refractivity contribution in [3.8, 4) is 5.75 Å². The van der Waals surface area contributed by atoms with Crippen molar-refractivity contribution < 1.29 is 29.4 Å². The Labute approximate surface area is 160 Å². The molecule has 0 radical (unpaired) electrons. The van der Waals surface area contributed by atoms with Gasteiger partial charge in [-0.05, 0) is 56.3 Å². The zero-order valence-electron chi connectivity index (χ0n) is 15.1. The van der Waals surface area contributed by atoms with E-state index in [1.54, 1.807) is 24.3 Å². The van der Waals surface area contributed by atoms with E-state index in [-0.39, 0.29) is 22.6 Å². The molecule has 28 heavy (non-hydrogen) atoms. The number of carboxylic acid groups (broad SMARTS) is 1. The number of carboxylic acids is 1. The number of hydrogen-bond acceptors (Lipinski definition) is 5. The minimum absolute atomic E-state index is 0.0859. The third-order valence-corrected chi connectivity index (χ3v) is 3.75. The summed E-state index contributed by atoms with van der Waals surface area (Å²) in [6.45, 7) is 2.86.